The van der Waals surface area contributed by atoms with Gasteiger partial charge in [-0.05, 0) is 37.1 Å². The Morgan fingerprint density at radius 2 is 2.15 bits per heavy atom. The lowest BCUT2D eigenvalue weighted by atomic mass is 10.1. The molecule has 0 bridgehead atoms. The van der Waals surface area contributed by atoms with Gasteiger partial charge < -0.3 is 9.64 Å². The number of hydrogen-bond donors (Lipinski definition) is 0. The zero-order valence-corrected chi connectivity index (χ0v) is 14.1. The van der Waals surface area contributed by atoms with Crippen molar-refractivity contribution >= 4 is 5.91 Å². The topological polar surface area (TPSA) is 79.1 Å². The van der Waals surface area contributed by atoms with Gasteiger partial charge >= 0.3 is 12.2 Å². The first-order valence-corrected chi connectivity index (χ1v) is 8.23. The summed E-state index contributed by atoms with van der Waals surface area (Å²) in [6.45, 7) is 0.703. The van der Waals surface area contributed by atoms with Gasteiger partial charge in [-0.3, -0.25) is 4.79 Å². The van der Waals surface area contributed by atoms with Gasteiger partial charge in [0.2, 0.25) is 0 Å². The van der Waals surface area contributed by atoms with Crippen LogP contribution in [0.5, 0.6) is 6.01 Å². The lowest BCUT2D eigenvalue weighted by molar-refractivity contribution is -0.141. The van der Waals surface area contributed by atoms with Gasteiger partial charge in [0.05, 0.1) is 18.2 Å². The monoisotopic (exact) mass is 376 g/mol. The van der Waals surface area contributed by atoms with E-state index >= 15 is 0 Å². The minimum atomic E-state index is -4.58. The molecule has 0 N–H and O–H groups in total. The highest BCUT2D eigenvalue weighted by molar-refractivity contribution is 5.94. The van der Waals surface area contributed by atoms with Crippen LogP contribution in [0.25, 0.3) is 0 Å². The van der Waals surface area contributed by atoms with Crippen LogP contribution in [0, 0.1) is 11.3 Å². The highest BCUT2D eigenvalue weighted by atomic mass is 19.4. The van der Waals surface area contributed by atoms with E-state index in [-0.39, 0.29) is 18.5 Å². The number of aromatic nitrogens is 2. The molecule has 1 aromatic carbocycles. The van der Waals surface area contributed by atoms with Crippen molar-refractivity contribution in [2.24, 2.45) is 0 Å². The van der Waals surface area contributed by atoms with Crippen LogP contribution in [0.4, 0.5) is 13.2 Å². The van der Waals surface area contributed by atoms with Crippen molar-refractivity contribution in [3.63, 3.8) is 0 Å². The third-order valence-corrected chi connectivity index (χ3v) is 4.10. The number of nitriles is 1. The highest BCUT2D eigenvalue weighted by Gasteiger charge is 2.33. The van der Waals surface area contributed by atoms with E-state index in [4.69, 9.17) is 10.00 Å². The summed E-state index contributed by atoms with van der Waals surface area (Å²) in [6, 6.07) is 8.73. The van der Waals surface area contributed by atoms with Crippen molar-refractivity contribution < 1.29 is 22.7 Å². The largest absolute Gasteiger partial charge is 0.458 e. The molecule has 1 amide bonds. The highest BCUT2D eigenvalue weighted by Crippen LogP contribution is 2.28. The number of amides is 1. The maximum atomic E-state index is 12.7. The molecule has 0 spiro atoms. The fourth-order valence-electron chi connectivity index (χ4n) is 2.83. The summed E-state index contributed by atoms with van der Waals surface area (Å²) < 4.78 is 43.7. The van der Waals surface area contributed by atoms with Crippen molar-refractivity contribution in [2.45, 2.75) is 25.1 Å². The van der Waals surface area contributed by atoms with E-state index < -0.39 is 18.0 Å². The maximum absolute atomic E-state index is 12.7. The lowest BCUT2D eigenvalue weighted by Gasteiger charge is -2.32. The fraction of sp³-hybridized carbons (Fsp3) is 0.333. The second-order valence-corrected chi connectivity index (χ2v) is 6.05. The molecule has 9 heteroatoms. The molecule has 2 heterocycles. The molecule has 1 atom stereocenters. The predicted molar refractivity (Wildman–Crippen MR) is 87.7 cm³/mol. The van der Waals surface area contributed by atoms with E-state index in [2.05, 4.69) is 9.97 Å². The minimum Gasteiger partial charge on any atom is -0.458 e. The lowest BCUT2D eigenvalue weighted by Crippen LogP contribution is -2.44. The average molecular weight is 376 g/mol. The number of ether oxygens (including phenoxy) is 1. The molecule has 0 radical (unpaired) electrons. The Morgan fingerprint density at radius 3 is 2.89 bits per heavy atom. The Hall–Kier alpha value is -3.15. The van der Waals surface area contributed by atoms with Crippen molar-refractivity contribution in [3.05, 3.63) is 53.3 Å². The zero-order chi connectivity index (χ0) is 19.4. The van der Waals surface area contributed by atoms with Crippen LogP contribution in [-0.4, -0.2) is 40.0 Å². The van der Waals surface area contributed by atoms with Crippen LogP contribution in [0.15, 0.2) is 36.5 Å². The number of carbonyl (C=O) groups is 1. The number of alkyl halides is 3. The number of piperidine rings is 1. The molecule has 3 rings (SSSR count). The molecule has 27 heavy (non-hydrogen) atoms. The number of hydrogen-bond acceptors (Lipinski definition) is 5. The first kappa shape index (κ1) is 18.6. The molecule has 1 saturated heterocycles. The van der Waals surface area contributed by atoms with Gasteiger partial charge in [-0.1, -0.05) is 6.07 Å². The Bertz CT molecular complexity index is 879. The van der Waals surface area contributed by atoms with Gasteiger partial charge in [0.25, 0.3) is 5.91 Å². The molecule has 140 valence electrons. The minimum absolute atomic E-state index is 0.204. The van der Waals surface area contributed by atoms with Gasteiger partial charge in [-0.15, -0.1) is 0 Å². The standard InChI is InChI=1S/C18H15F3N4O2/c19-18(20,21)15-6-7-23-17(24-15)27-14-5-2-8-25(11-14)16(26)13-4-1-3-12(9-13)10-22/h1,3-4,6-7,9,14H,2,5,8,11H2. The summed E-state index contributed by atoms with van der Waals surface area (Å²) >= 11 is 0. The van der Waals surface area contributed by atoms with E-state index in [1.807, 2.05) is 6.07 Å². The smallest absolute Gasteiger partial charge is 0.433 e. The number of benzene rings is 1. The third-order valence-electron chi connectivity index (χ3n) is 4.10. The summed E-state index contributed by atoms with van der Waals surface area (Å²) in [4.78, 5) is 21.3. The molecule has 1 aliphatic rings. The zero-order valence-electron chi connectivity index (χ0n) is 14.1. The number of likely N-dealkylation sites (tertiary alicyclic amines) is 1. The van der Waals surface area contributed by atoms with Gasteiger partial charge in [-0.25, -0.2) is 4.98 Å². The van der Waals surface area contributed by atoms with Crippen molar-refractivity contribution in [2.75, 3.05) is 13.1 Å². The molecule has 1 unspecified atom stereocenters. The van der Waals surface area contributed by atoms with Crippen LogP contribution < -0.4 is 4.74 Å². The quantitative estimate of drug-likeness (QED) is 0.823. The van der Waals surface area contributed by atoms with Gasteiger partial charge in [0, 0.05) is 18.3 Å². The van der Waals surface area contributed by atoms with Gasteiger partial charge in [0.1, 0.15) is 6.10 Å². The summed E-state index contributed by atoms with van der Waals surface area (Å²) in [7, 11) is 0. The Morgan fingerprint density at radius 1 is 1.33 bits per heavy atom. The Kier molecular flexibility index (Phi) is 5.26. The molecule has 1 aromatic heterocycles. The van der Waals surface area contributed by atoms with E-state index in [0.29, 0.717) is 30.5 Å². The molecule has 0 saturated carbocycles. The summed E-state index contributed by atoms with van der Waals surface area (Å²) in [5, 5.41) is 8.95. The number of rotatable bonds is 3. The van der Waals surface area contributed by atoms with E-state index in [0.717, 1.165) is 12.3 Å². The summed E-state index contributed by atoms with van der Waals surface area (Å²) in [5.74, 6) is -0.259. The maximum Gasteiger partial charge on any atom is 0.433 e. The summed E-state index contributed by atoms with van der Waals surface area (Å²) in [5.41, 5.74) is -0.322. The first-order valence-electron chi connectivity index (χ1n) is 8.23. The third kappa shape index (κ3) is 4.53. The normalized spacial score (nSPS) is 17.3. The van der Waals surface area contributed by atoms with Crippen LogP contribution in [0.2, 0.25) is 0 Å². The predicted octanol–water partition coefficient (Wildman–Crippen LogP) is 3.05. The molecule has 0 aliphatic carbocycles. The number of halogens is 3. The van der Waals surface area contributed by atoms with Crippen molar-refractivity contribution in [1.29, 1.82) is 5.26 Å². The van der Waals surface area contributed by atoms with Crippen LogP contribution >= 0.6 is 0 Å². The van der Waals surface area contributed by atoms with E-state index in [9.17, 15) is 18.0 Å². The number of nitrogens with zero attached hydrogens (tertiary/aromatic N) is 4. The van der Waals surface area contributed by atoms with Crippen LogP contribution in [0.1, 0.15) is 34.5 Å². The first-order chi connectivity index (χ1) is 12.9. The second-order valence-electron chi connectivity index (χ2n) is 6.05. The molecular weight excluding hydrogens is 361 g/mol. The number of carbonyl (C=O) groups excluding carboxylic acids is 1. The van der Waals surface area contributed by atoms with Crippen LogP contribution in [-0.2, 0) is 6.18 Å². The second kappa shape index (κ2) is 7.61. The Balaban J connectivity index is 1.69. The summed E-state index contributed by atoms with van der Waals surface area (Å²) in [6.07, 6.45) is -2.90. The molecular formula is C18H15F3N4O2. The van der Waals surface area contributed by atoms with E-state index in [1.165, 1.54) is 6.07 Å². The molecule has 2 aromatic rings. The molecule has 1 fully saturated rings. The van der Waals surface area contributed by atoms with Crippen molar-refractivity contribution in [1.82, 2.24) is 14.9 Å². The van der Waals surface area contributed by atoms with Crippen molar-refractivity contribution in [3.8, 4) is 12.1 Å². The molecule has 1 aliphatic heterocycles. The molecule has 6 nitrogen and oxygen atoms in total. The fourth-order valence-corrected chi connectivity index (χ4v) is 2.83. The Labute approximate surface area is 153 Å². The van der Waals surface area contributed by atoms with Gasteiger partial charge in [0.15, 0.2) is 5.69 Å². The van der Waals surface area contributed by atoms with Gasteiger partial charge in [-0.2, -0.15) is 23.4 Å². The SMILES string of the molecule is N#Cc1cccc(C(=O)N2CCCC(Oc3nccc(C(F)(F)F)n3)C2)c1. The van der Waals surface area contributed by atoms with E-state index in [1.54, 1.807) is 23.1 Å². The average Bonchev–Trinajstić information content (AvgIpc) is 2.67. The van der Waals surface area contributed by atoms with Crippen LogP contribution in [0.3, 0.4) is 0 Å².